The van der Waals surface area contributed by atoms with Crippen molar-refractivity contribution in [1.29, 1.82) is 0 Å². The lowest BCUT2D eigenvalue weighted by atomic mass is 9.97. The lowest BCUT2D eigenvalue weighted by Crippen LogP contribution is -2.51. The Kier molecular flexibility index (Phi) is 9.33. The van der Waals surface area contributed by atoms with Gasteiger partial charge in [0.05, 0.1) is 12.0 Å². The van der Waals surface area contributed by atoms with Crippen LogP contribution in [0.15, 0.2) is 51.7 Å². The number of fused-ring (bicyclic) bond motifs is 2. The first kappa shape index (κ1) is 25.3. The number of benzene rings is 2. The van der Waals surface area contributed by atoms with E-state index < -0.39 is 0 Å². The minimum atomic E-state index is -0.0314. The molecule has 0 saturated heterocycles. The summed E-state index contributed by atoms with van der Waals surface area (Å²) < 4.78 is 12.2. The SMILES string of the molecule is CCC(C(CCCOc1cccc2oc3ccccc3c(=O)c12)N(CC)CC)N(CC)CC. The van der Waals surface area contributed by atoms with Gasteiger partial charge >= 0.3 is 0 Å². The quantitative estimate of drug-likeness (QED) is 0.237. The fourth-order valence-electron chi connectivity index (χ4n) is 5.19. The minimum absolute atomic E-state index is 0.0314. The van der Waals surface area contributed by atoms with Gasteiger partial charge in [0.25, 0.3) is 0 Å². The van der Waals surface area contributed by atoms with Crippen molar-refractivity contribution in [3.63, 3.8) is 0 Å². The maximum absolute atomic E-state index is 13.1. The van der Waals surface area contributed by atoms with Crippen molar-refractivity contribution in [2.24, 2.45) is 0 Å². The molecule has 1 heterocycles. The fraction of sp³-hybridized carbons (Fsp3) is 0.536. The second-order valence-electron chi connectivity index (χ2n) is 8.53. The van der Waals surface area contributed by atoms with E-state index in [1.165, 1.54) is 0 Å². The zero-order valence-corrected chi connectivity index (χ0v) is 21.0. The van der Waals surface area contributed by atoms with Gasteiger partial charge in [-0.1, -0.05) is 52.8 Å². The van der Waals surface area contributed by atoms with E-state index in [0.717, 1.165) is 45.4 Å². The van der Waals surface area contributed by atoms with Crippen LogP contribution in [0, 0.1) is 0 Å². The maximum atomic E-state index is 13.1. The van der Waals surface area contributed by atoms with Gasteiger partial charge in [-0.3, -0.25) is 14.6 Å². The number of para-hydroxylation sites is 1. The molecule has 0 spiro atoms. The summed E-state index contributed by atoms with van der Waals surface area (Å²) in [6, 6.07) is 14.0. The zero-order chi connectivity index (χ0) is 23.8. The van der Waals surface area contributed by atoms with Crippen molar-refractivity contribution in [1.82, 2.24) is 9.80 Å². The Morgan fingerprint density at radius 3 is 2.12 bits per heavy atom. The Labute approximate surface area is 198 Å². The second-order valence-corrected chi connectivity index (χ2v) is 8.53. The molecule has 3 aromatic rings. The van der Waals surface area contributed by atoms with E-state index in [9.17, 15) is 4.79 Å². The summed E-state index contributed by atoms with van der Waals surface area (Å²) in [6.07, 6.45) is 3.15. The Morgan fingerprint density at radius 2 is 1.45 bits per heavy atom. The molecule has 0 fully saturated rings. The highest BCUT2D eigenvalue weighted by molar-refractivity contribution is 5.93. The molecule has 3 rings (SSSR count). The van der Waals surface area contributed by atoms with E-state index in [2.05, 4.69) is 44.4 Å². The average molecular weight is 453 g/mol. The van der Waals surface area contributed by atoms with Gasteiger partial charge in [-0.2, -0.15) is 0 Å². The van der Waals surface area contributed by atoms with Crippen LogP contribution < -0.4 is 10.2 Å². The summed E-state index contributed by atoms with van der Waals surface area (Å²) in [5.74, 6) is 0.613. The van der Waals surface area contributed by atoms with Crippen LogP contribution in [0.5, 0.6) is 5.75 Å². The van der Waals surface area contributed by atoms with Crippen LogP contribution in [-0.2, 0) is 0 Å². The average Bonchev–Trinajstić information content (AvgIpc) is 2.85. The summed E-state index contributed by atoms with van der Waals surface area (Å²) in [5.41, 5.74) is 1.15. The molecule has 1 aromatic heterocycles. The number of nitrogens with zero attached hydrogens (tertiary/aromatic N) is 2. The molecule has 2 unspecified atom stereocenters. The van der Waals surface area contributed by atoms with Gasteiger partial charge in [0.15, 0.2) is 0 Å². The maximum Gasteiger partial charge on any atom is 0.204 e. The van der Waals surface area contributed by atoms with E-state index >= 15 is 0 Å². The summed E-state index contributed by atoms with van der Waals surface area (Å²) in [5, 5.41) is 1.12. The normalized spacial score (nSPS) is 13.8. The number of rotatable bonds is 13. The number of hydrogen-bond acceptors (Lipinski definition) is 5. The standard InChI is InChI=1S/C28H40N2O3/c1-6-22(29(7-2)8-3)23(30(9-4)10-5)16-14-20-32-25-18-13-19-26-27(25)28(31)21-15-11-12-17-24(21)33-26/h11-13,15,17-19,22-23H,6-10,14,16,20H2,1-5H3. The van der Waals surface area contributed by atoms with Gasteiger partial charge in [0, 0.05) is 12.1 Å². The molecule has 0 aliphatic rings. The lowest BCUT2D eigenvalue weighted by molar-refractivity contribution is 0.0773. The third-order valence-electron chi connectivity index (χ3n) is 6.89. The molecule has 0 amide bonds. The monoisotopic (exact) mass is 452 g/mol. The van der Waals surface area contributed by atoms with Crippen LogP contribution in [-0.4, -0.2) is 54.7 Å². The third kappa shape index (κ3) is 5.59. The third-order valence-corrected chi connectivity index (χ3v) is 6.89. The topological polar surface area (TPSA) is 45.9 Å². The molecule has 0 N–H and O–H groups in total. The van der Waals surface area contributed by atoms with E-state index in [1.807, 2.05) is 42.5 Å². The molecule has 0 bridgehead atoms. The van der Waals surface area contributed by atoms with E-state index in [-0.39, 0.29) is 5.43 Å². The zero-order valence-electron chi connectivity index (χ0n) is 21.0. The van der Waals surface area contributed by atoms with Crippen LogP contribution in [0.1, 0.15) is 53.9 Å². The molecule has 0 aliphatic carbocycles. The lowest BCUT2D eigenvalue weighted by Gasteiger charge is -2.41. The predicted molar refractivity (Wildman–Crippen MR) is 138 cm³/mol. The number of hydrogen-bond donors (Lipinski definition) is 0. The van der Waals surface area contributed by atoms with Crippen LogP contribution in [0.3, 0.4) is 0 Å². The first-order valence-corrected chi connectivity index (χ1v) is 12.6. The molecule has 0 aliphatic heterocycles. The predicted octanol–water partition coefficient (Wildman–Crippen LogP) is 5.94. The van der Waals surface area contributed by atoms with Gasteiger partial charge < -0.3 is 9.15 Å². The summed E-state index contributed by atoms with van der Waals surface area (Å²) in [7, 11) is 0. The van der Waals surface area contributed by atoms with Gasteiger partial charge in [-0.05, 0) is 69.7 Å². The fourth-order valence-corrected chi connectivity index (χ4v) is 5.19. The summed E-state index contributed by atoms with van der Waals surface area (Å²) >= 11 is 0. The van der Waals surface area contributed by atoms with Gasteiger partial charge in [-0.15, -0.1) is 0 Å². The van der Waals surface area contributed by atoms with Crippen LogP contribution in [0.2, 0.25) is 0 Å². The highest BCUT2D eigenvalue weighted by Crippen LogP contribution is 2.27. The molecule has 5 heteroatoms. The number of ether oxygens (including phenoxy) is 1. The van der Waals surface area contributed by atoms with Gasteiger partial charge in [0.2, 0.25) is 5.43 Å². The largest absolute Gasteiger partial charge is 0.493 e. The Morgan fingerprint density at radius 1 is 0.818 bits per heavy atom. The van der Waals surface area contributed by atoms with Crippen LogP contribution in [0.4, 0.5) is 0 Å². The summed E-state index contributed by atoms with van der Waals surface area (Å²) in [4.78, 5) is 18.3. The van der Waals surface area contributed by atoms with Crippen LogP contribution in [0.25, 0.3) is 21.9 Å². The van der Waals surface area contributed by atoms with E-state index in [1.54, 1.807) is 0 Å². The van der Waals surface area contributed by atoms with Crippen molar-refractivity contribution in [2.75, 3.05) is 32.8 Å². The molecule has 33 heavy (non-hydrogen) atoms. The van der Waals surface area contributed by atoms with Crippen molar-refractivity contribution in [2.45, 2.75) is 66.0 Å². The minimum Gasteiger partial charge on any atom is -0.493 e. The van der Waals surface area contributed by atoms with Gasteiger partial charge in [-0.25, -0.2) is 0 Å². The van der Waals surface area contributed by atoms with Crippen LogP contribution >= 0.6 is 0 Å². The van der Waals surface area contributed by atoms with Crippen molar-refractivity contribution in [3.05, 3.63) is 52.7 Å². The van der Waals surface area contributed by atoms with Gasteiger partial charge in [0.1, 0.15) is 22.3 Å². The Hall–Kier alpha value is -2.37. The molecule has 0 radical (unpaired) electrons. The first-order chi connectivity index (χ1) is 16.1. The molecule has 2 atom stereocenters. The molecule has 0 saturated carbocycles. The molecule has 5 nitrogen and oxygen atoms in total. The summed E-state index contributed by atoms with van der Waals surface area (Å²) in [6.45, 7) is 16.1. The van der Waals surface area contributed by atoms with Crippen molar-refractivity contribution >= 4 is 21.9 Å². The smallest absolute Gasteiger partial charge is 0.204 e. The highest BCUT2D eigenvalue weighted by Gasteiger charge is 2.28. The molecule has 2 aromatic carbocycles. The number of likely N-dealkylation sites (N-methyl/N-ethyl adjacent to an activating group) is 2. The Balaban J connectivity index is 1.76. The highest BCUT2D eigenvalue weighted by atomic mass is 16.5. The molecular weight excluding hydrogens is 412 g/mol. The Bertz CT molecular complexity index is 1070. The molecule has 180 valence electrons. The second kappa shape index (κ2) is 12.2. The molecular formula is C28H40N2O3. The first-order valence-electron chi connectivity index (χ1n) is 12.6. The van der Waals surface area contributed by atoms with E-state index in [0.29, 0.717) is 46.4 Å². The van der Waals surface area contributed by atoms with Crippen molar-refractivity contribution in [3.8, 4) is 5.75 Å². The van der Waals surface area contributed by atoms with Crippen molar-refractivity contribution < 1.29 is 9.15 Å². The van der Waals surface area contributed by atoms with E-state index in [4.69, 9.17) is 9.15 Å².